The predicted octanol–water partition coefficient (Wildman–Crippen LogP) is 1.27. The summed E-state index contributed by atoms with van der Waals surface area (Å²) in [6.07, 6.45) is 2.41. The third-order valence-electron chi connectivity index (χ3n) is 3.69. The van der Waals surface area contributed by atoms with Crippen LogP contribution in [-0.4, -0.2) is 29.0 Å². The molecule has 4 N–H and O–H groups in total. The number of hydrogen-bond acceptors (Lipinski definition) is 5. The molecule has 0 unspecified atom stereocenters. The molecule has 1 fully saturated rings. The summed E-state index contributed by atoms with van der Waals surface area (Å²) in [7, 11) is 0. The van der Waals surface area contributed by atoms with Crippen molar-refractivity contribution in [1.82, 2.24) is 9.97 Å². The number of nitrogens with zero attached hydrogens (tertiary/aromatic N) is 3. The van der Waals surface area contributed by atoms with Crippen LogP contribution in [0.3, 0.4) is 0 Å². The number of hydrogen-bond donors (Lipinski definition) is 2. The molecule has 1 aromatic heterocycles. The minimum atomic E-state index is -0.211. The van der Waals surface area contributed by atoms with Gasteiger partial charge in [-0.3, -0.25) is 4.79 Å². The molecule has 1 aromatic rings. The highest BCUT2D eigenvalue weighted by molar-refractivity contribution is 5.74. The molecule has 0 aromatic carbocycles. The van der Waals surface area contributed by atoms with Crippen molar-refractivity contribution >= 4 is 17.5 Å². The molecule has 0 radical (unpaired) electrons. The summed E-state index contributed by atoms with van der Waals surface area (Å²) in [5.74, 6) is 2.62. The van der Waals surface area contributed by atoms with Gasteiger partial charge in [-0.2, -0.15) is 0 Å². The SMILES string of the molecule is CC(C)c1nc(N)cc(N2CCC(CC(N)=O)CC2)n1. The number of primary amides is 1. The lowest BCUT2D eigenvalue weighted by Crippen LogP contribution is -2.35. The largest absolute Gasteiger partial charge is 0.384 e. The maximum absolute atomic E-state index is 11.0. The lowest BCUT2D eigenvalue weighted by molar-refractivity contribution is -0.119. The van der Waals surface area contributed by atoms with E-state index in [4.69, 9.17) is 11.5 Å². The van der Waals surface area contributed by atoms with Crippen molar-refractivity contribution in [1.29, 1.82) is 0 Å². The van der Waals surface area contributed by atoms with E-state index in [-0.39, 0.29) is 11.8 Å². The van der Waals surface area contributed by atoms with Gasteiger partial charge in [0.25, 0.3) is 0 Å². The second kappa shape index (κ2) is 6.07. The molecule has 2 rings (SSSR count). The molecule has 1 aliphatic heterocycles. The van der Waals surface area contributed by atoms with Crippen LogP contribution in [0.1, 0.15) is 44.9 Å². The number of amides is 1. The van der Waals surface area contributed by atoms with Gasteiger partial charge in [0.2, 0.25) is 5.91 Å². The minimum absolute atomic E-state index is 0.211. The van der Waals surface area contributed by atoms with Crippen molar-refractivity contribution in [3.05, 3.63) is 11.9 Å². The van der Waals surface area contributed by atoms with Crippen molar-refractivity contribution in [2.24, 2.45) is 11.7 Å². The lowest BCUT2D eigenvalue weighted by atomic mass is 9.93. The van der Waals surface area contributed by atoms with Crippen LogP contribution in [0.15, 0.2) is 6.07 Å². The predicted molar refractivity (Wildman–Crippen MR) is 79.3 cm³/mol. The summed E-state index contributed by atoms with van der Waals surface area (Å²) in [4.78, 5) is 22.0. The van der Waals surface area contributed by atoms with Gasteiger partial charge in [-0.15, -0.1) is 0 Å². The van der Waals surface area contributed by atoms with Crippen LogP contribution in [0.5, 0.6) is 0 Å². The van der Waals surface area contributed by atoms with Crippen LogP contribution in [0.25, 0.3) is 0 Å². The standard InChI is InChI=1S/C14H23N5O/c1-9(2)14-17-11(15)8-13(18-14)19-5-3-10(4-6-19)7-12(16)20/h8-10H,3-7H2,1-2H3,(H2,16,20)(H2,15,17,18). The maximum Gasteiger partial charge on any atom is 0.217 e. The van der Waals surface area contributed by atoms with Crippen LogP contribution < -0.4 is 16.4 Å². The van der Waals surface area contributed by atoms with Crippen molar-refractivity contribution in [3.8, 4) is 0 Å². The molecule has 20 heavy (non-hydrogen) atoms. The van der Waals surface area contributed by atoms with Gasteiger partial charge in [0.05, 0.1) is 0 Å². The van der Waals surface area contributed by atoms with Gasteiger partial charge < -0.3 is 16.4 Å². The monoisotopic (exact) mass is 277 g/mol. The fourth-order valence-electron chi connectivity index (χ4n) is 2.54. The summed E-state index contributed by atoms with van der Waals surface area (Å²) < 4.78 is 0. The zero-order chi connectivity index (χ0) is 14.7. The lowest BCUT2D eigenvalue weighted by Gasteiger charge is -2.32. The molecule has 0 atom stereocenters. The Morgan fingerprint density at radius 3 is 2.60 bits per heavy atom. The first-order chi connectivity index (χ1) is 9.45. The molecule has 0 spiro atoms. The number of nitrogens with two attached hydrogens (primary N) is 2. The highest BCUT2D eigenvalue weighted by atomic mass is 16.1. The first-order valence-electron chi connectivity index (χ1n) is 7.13. The molecule has 6 heteroatoms. The Balaban J connectivity index is 2.05. The summed E-state index contributed by atoms with van der Waals surface area (Å²) in [5, 5.41) is 0. The van der Waals surface area contributed by atoms with Gasteiger partial charge in [-0.25, -0.2) is 9.97 Å². The van der Waals surface area contributed by atoms with E-state index in [1.807, 2.05) is 6.07 Å². The Labute approximate surface area is 119 Å². The summed E-state index contributed by atoms with van der Waals surface area (Å²) in [5.41, 5.74) is 11.1. The number of anilines is 2. The van der Waals surface area contributed by atoms with E-state index >= 15 is 0 Å². The first kappa shape index (κ1) is 14.6. The topological polar surface area (TPSA) is 98.1 Å². The molecule has 0 bridgehead atoms. The zero-order valence-electron chi connectivity index (χ0n) is 12.2. The van der Waals surface area contributed by atoms with Gasteiger partial charge >= 0.3 is 0 Å². The van der Waals surface area contributed by atoms with E-state index in [1.165, 1.54) is 0 Å². The van der Waals surface area contributed by atoms with E-state index in [2.05, 4.69) is 28.7 Å². The van der Waals surface area contributed by atoms with Gasteiger partial charge in [-0.05, 0) is 18.8 Å². The fraction of sp³-hybridized carbons (Fsp3) is 0.643. The molecule has 1 amide bonds. The van der Waals surface area contributed by atoms with Crippen LogP contribution in [-0.2, 0) is 4.79 Å². The van der Waals surface area contributed by atoms with Crippen LogP contribution >= 0.6 is 0 Å². The molecular weight excluding hydrogens is 254 g/mol. The average Bonchev–Trinajstić information content (AvgIpc) is 2.38. The van der Waals surface area contributed by atoms with Crippen molar-refractivity contribution in [2.45, 2.75) is 39.0 Å². The molecule has 2 heterocycles. The van der Waals surface area contributed by atoms with Gasteiger partial charge in [0, 0.05) is 31.5 Å². The Hall–Kier alpha value is -1.85. The van der Waals surface area contributed by atoms with Crippen molar-refractivity contribution in [2.75, 3.05) is 23.7 Å². The summed E-state index contributed by atoms with van der Waals surface area (Å²) in [6.45, 7) is 5.87. The van der Waals surface area contributed by atoms with E-state index in [9.17, 15) is 4.79 Å². The molecule has 1 saturated heterocycles. The molecular formula is C14H23N5O. The van der Waals surface area contributed by atoms with Gasteiger partial charge in [0.1, 0.15) is 17.5 Å². The Kier molecular flexibility index (Phi) is 4.42. The van der Waals surface area contributed by atoms with E-state index in [0.29, 0.717) is 18.2 Å². The molecule has 1 aliphatic rings. The second-order valence-electron chi connectivity index (χ2n) is 5.76. The smallest absolute Gasteiger partial charge is 0.217 e. The maximum atomic E-state index is 11.0. The summed E-state index contributed by atoms with van der Waals surface area (Å²) in [6, 6.07) is 1.82. The molecule has 110 valence electrons. The third-order valence-corrected chi connectivity index (χ3v) is 3.69. The Morgan fingerprint density at radius 1 is 1.40 bits per heavy atom. The zero-order valence-corrected chi connectivity index (χ0v) is 12.2. The van der Waals surface area contributed by atoms with Crippen LogP contribution in [0.4, 0.5) is 11.6 Å². The minimum Gasteiger partial charge on any atom is -0.384 e. The fourth-order valence-corrected chi connectivity index (χ4v) is 2.54. The van der Waals surface area contributed by atoms with Gasteiger partial charge in [-0.1, -0.05) is 13.8 Å². The van der Waals surface area contributed by atoms with Crippen molar-refractivity contribution in [3.63, 3.8) is 0 Å². The molecule has 0 aliphatic carbocycles. The number of carbonyl (C=O) groups is 1. The van der Waals surface area contributed by atoms with Crippen LogP contribution in [0.2, 0.25) is 0 Å². The average molecular weight is 277 g/mol. The second-order valence-corrected chi connectivity index (χ2v) is 5.76. The van der Waals surface area contributed by atoms with E-state index < -0.39 is 0 Å². The molecule has 6 nitrogen and oxygen atoms in total. The number of aromatic nitrogens is 2. The Morgan fingerprint density at radius 2 is 2.05 bits per heavy atom. The number of carbonyl (C=O) groups excluding carboxylic acids is 1. The first-order valence-corrected chi connectivity index (χ1v) is 7.13. The van der Waals surface area contributed by atoms with E-state index in [0.717, 1.165) is 37.6 Å². The van der Waals surface area contributed by atoms with E-state index in [1.54, 1.807) is 0 Å². The quantitative estimate of drug-likeness (QED) is 0.863. The van der Waals surface area contributed by atoms with Crippen molar-refractivity contribution < 1.29 is 4.79 Å². The number of piperidine rings is 1. The van der Waals surface area contributed by atoms with Gasteiger partial charge in [0.15, 0.2) is 0 Å². The van der Waals surface area contributed by atoms with Crippen LogP contribution in [0, 0.1) is 5.92 Å². The third kappa shape index (κ3) is 3.59. The number of nitrogen functional groups attached to an aromatic ring is 1. The normalized spacial score (nSPS) is 16.6. The summed E-state index contributed by atoms with van der Waals surface area (Å²) >= 11 is 0. The molecule has 0 saturated carbocycles. The number of rotatable bonds is 4. The highest BCUT2D eigenvalue weighted by Gasteiger charge is 2.22. The Bertz CT molecular complexity index is 480. The highest BCUT2D eigenvalue weighted by Crippen LogP contribution is 2.25.